The second kappa shape index (κ2) is 37.8. The quantitative estimate of drug-likeness (QED) is 0.407. The summed E-state index contributed by atoms with van der Waals surface area (Å²) in [5.41, 5.74) is 0. The van der Waals surface area contributed by atoms with Gasteiger partial charge in [0.15, 0.2) is 0 Å². The van der Waals surface area contributed by atoms with Crippen molar-refractivity contribution in [3.8, 4) is 0 Å². The van der Waals surface area contributed by atoms with Gasteiger partial charge in [0.05, 0.1) is 0 Å². The fourth-order valence-corrected chi connectivity index (χ4v) is 0. The van der Waals surface area contributed by atoms with E-state index >= 15 is 0 Å². The molecule has 9 heavy (non-hydrogen) atoms. The Kier molecular flexibility index (Phi) is 226. The third-order valence-corrected chi connectivity index (χ3v) is 0. The molecule has 0 aliphatic rings. The van der Waals surface area contributed by atoms with Crippen LogP contribution in [-0.2, 0) is 0 Å². The van der Waals surface area contributed by atoms with E-state index in [0.717, 1.165) is 0 Å². The van der Waals surface area contributed by atoms with Crippen LogP contribution in [0.2, 0.25) is 0 Å². The van der Waals surface area contributed by atoms with Crippen molar-refractivity contribution in [1.82, 2.24) is 0 Å². The second-order valence-corrected chi connectivity index (χ2v) is 0.283. The minimum atomic E-state index is -1.83. The summed E-state index contributed by atoms with van der Waals surface area (Å²) in [4.78, 5) is 8.56. The molecule has 0 unspecified atom stereocenters. The van der Waals surface area contributed by atoms with E-state index in [9.17, 15) is 0 Å². The fourth-order valence-electron chi connectivity index (χ4n) is 0. The minimum absolute atomic E-state index is 0. The molecule has 0 amide bonds. The average molecular weight is 163 g/mol. The van der Waals surface area contributed by atoms with Crippen molar-refractivity contribution in [2.75, 3.05) is 0 Å². The largest absolute Gasteiger partial charge is 2.00 e. The summed E-state index contributed by atoms with van der Waals surface area (Å²) in [7, 11) is 0. The van der Waals surface area contributed by atoms with Crippen LogP contribution in [0.4, 0.5) is 4.79 Å². The number of hydrogen-bond acceptors (Lipinski definition) is 3. The minimum Gasteiger partial charge on any atom is -0.870 e. The monoisotopic (exact) mass is 162 g/mol. The van der Waals surface area contributed by atoms with E-state index in [1.165, 1.54) is 0 Å². The third-order valence-electron chi connectivity index (χ3n) is 0. The molecule has 0 atom stereocenters. The number of hydrogen-bond donors (Lipinski definition) is 2. The summed E-state index contributed by atoms with van der Waals surface area (Å²) in [6.07, 6.45) is -1.83. The van der Waals surface area contributed by atoms with Gasteiger partial charge in [0.25, 0.3) is 0 Å². The van der Waals surface area contributed by atoms with Crippen molar-refractivity contribution >= 4 is 52.3 Å². The van der Waals surface area contributed by atoms with Gasteiger partial charge in [-0.3, -0.25) is 0 Å². The Morgan fingerprint density at radius 3 is 1.11 bits per heavy atom. The van der Waals surface area contributed by atoms with Crippen LogP contribution in [0.3, 0.4) is 0 Å². The molecule has 0 heterocycles. The molecule has 0 saturated carbocycles. The first-order valence-electron chi connectivity index (χ1n) is 0.651. The van der Waals surface area contributed by atoms with Crippen molar-refractivity contribution < 1.29 is 31.4 Å². The van der Waals surface area contributed by atoms with Crippen LogP contribution in [0, 0.1) is 0 Å². The maximum atomic E-state index is 8.56. The summed E-state index contributed by atoms with van der Waals surface area (Å²) in [5.74, 6) is 0. The maximum absolute atomic E-state index is 8.56. The van der Waals surface area contributed by atoms with Gasteiger partial charge in [0.1, 0.15) is 0 Å². The van der Waals surface area contributed by atoms with E-state index in [4.69, 9.17) is 15.0 Å². The molecule has 8 heteroatoms. The van der Waals surface area contributed by atoms with Gasteiger partial charge in [0, 0.05) is 23.1 Å². The van der Waals surface area contributed by atoms with Gasteiger partial charge in [-0.1, -0.05) is 0 Å². The normalized spacial score (nSPS) is 2.67. The van der Waals surface area contributed by atoms with Crippen LogP contribution in [0.25, 0.3) is 0 Å². The molecule has 0 rings (SSSR count). The number of carboxylic acid groups (broad SMARTS) is 2. The summed E-state index contributed by atoms with van der Waals surface area (Å²) in [6, 6.07) is 0. The molecule has 0 aliphatic carbocycles. The van der Waals surface area contributed by atoms with E-state index in [2.05, 4.69) is 0 Å². The van der Waals surface area contributed by atoms with Crippen molar-refractivity contribution in [2.45, 2.75) is 0 Å². The van der Waals surface area contributed by atoms with Crippen molar-refractivity contribution in [3.05, 3.63) is 0 Å². The first kappa shape index (κ1) is 53.8. The zero-order chi connectivity index (χ0) is 3.58. The summed E-state index contributed by atoms with van der Waals surface area (Å²) in [6.45, 7) is 0. The second-order valence-electron chi connectivity index (χ2n) is 0.283. The van der Waals surface area contributed by atoms with Crippen molar-refractivity contribution in [2.24, 2.45) is 0 Å². The third kappa shape index (κ3) is 832. The maximum Gasteiger partial charge on any atom is 2.00 e. The Morgan fingerprint density at radius 2 is 1.11 bits per heavy atom. The molecule has 0 aromatic rings. The van der Waals surface area contributed by atoms with E-state index in [1.54, 1.807) is 0 Å². The Balaban J connectivity index is -0.00000000450. The van der Waals surface area contributed by atoms with Gasteiger partial charge in [-0.25, -0.2) is 4.79 Å². The Bertz CT molecular complexity index is 34.0. The zero-order valence-corrected chi connectivity index (χ0v) is 7.44. The van der Waals surface area contributed by atoms with Crippen LogP contribution < -0.4 is 0 Å². The zero-order valence-electron chi connectivity index (χ0n) is 4.61. The molecule has 6 N–H and O–H groups in total. The predicted molar refractivity (Wildman–Crippen MR) is 29.6 cm³/mol. The number of carbonyl (C=O) groups is 1. The van der Waals surface area contributed by atoms with Gasteiger partial charge < -0.3 is 26.6 Å². The summed E-state index contributed by atoms with van der Waals surface area (Å²) >= 11 is 0. The van der Waals surface area contributed by atoms with Gasteiger partial charge in [-0.2, -0.15) is 0 Å². The molecule has 0 bridgehead atoms. The standard InChI is InChI=1S/CH2O3.2Mg.3H2O/c2-1(3)4;;;;;/h(H2,2,3,4);;;3*1H2/q;;+2;;;/p-2. The molecule has 2 radical (unpaired) electrons. The number of rotatable bonds is 0. The molecule has 0 fully saturated rings. The van der Waals surface area contributed by atoms with Gasteiger partial charge in [-0.05, 0) is 0 Å². The smallest absolute Gasteiger partial charge is 0.870 e. The predicted octanol–water partition coefficient (Wildman–Crippen LogP) is -1.72. The van der Waals surface area contributed by atoms with Crippen molar-refractivity contribution in [3.63, 3.8) is 0 Å². The van der Waals surface area contributed by atoms with Crippen LogP contribution >= 0.6 is 0 Å². The molecular weight excluding hydrogens is 157 g/mol. The molecule has 6 nitrogen and oxygen atoms in total. The van der Waals surface area contributed by atoms with Gasteiger partial charge in [-0.15, -0.1) is 0 Å². The van der Waals surface area contributed by atoms with E-state index in [0.29, 0.717) is 0 Å². The van der Waals surface area contributed by atoms with Crippen LogP contribution in [0.5, 0.6) is 0 Å². The summed E-state index contributed by atoms with van der Waals surface area (Å²) in [5, 5.41) is 13.9. The van der Waals surface area contributed by atoms with E-state index < -0.39 is 6.16 Å². The molecule has 0 saturated heterocycles. The van der Waals surface area contributed by atoms with E-state index in [-0.39, 0.29) is 62.5 Å². The Labute approximate surface area is 83.5 Å². The first-order valence-corrected chi connectivity index (χ1v) is 0.651. The van der Waals surface area contributed by atoms with Gasteiger partial charge in [0.2, 0.25) is 0 Å². The van der Waals surface area contributed by atoms with Crippen LogP contribution in [0.15, 0.2) is 0 Å². The topological polar surface area (TPSA) is 149 Å². The van der Waals surface area contributed by atoms with Gasteiger partial charge >= 0.3 is 29.2 Å². The Hall–Kier alpha value is 0.682. The van der Waals surface area contributed by atoms with E-state index in [1.807, 2.05) is 0 Å². The summed E-state index contributed by atoms with van der Waals surface area (Å²) < 4.78 is 0. The SMILES string of the molecule is O.O=C(O)O.[Mg+2].[Mg].[OH-].[OH-]. The van der Waals surface area contributed by atoms with Crippen molar-refractivity contribution in [1.29, 1.82) is 0 Å². The van der Waals surface area contributed by atoms with Crippen LogP contribution in [0.1, 0.15) is 0 Å². The average Bonchev–Trinajstić information content (AvgIpc) is 0.811. The molecule has 50 valence electrons. The fraction of sp³-hybridized carbons (Fsp3) is 0. The first-order chi connectivity index (χ1) is 1.73. The molecule has 0 spiro atoms. The molecule has 0 aliphatic heterocycles. The molecular formula is CH6Mg2O6. The van der Waals surface area contributed by atoms with Crippen LogP contribution in [-0.4, -0.2) is 78.9 Å². The molecule has 0 aromatic carbocycles. The Morgan fingerprint density at radius 1 is 1.11 bits per heavy atom. The molecule has 0 aromatic heterocycles.